The number of hydrogen-bond acceptors (Lipinski definition) is 3. The Labute approximate surface area is 189 Å². The lowest BCUT2D eigenvalue weighted by Crippen LogP contribution is -2.25. The number of nitrogens with one attached hydrogen (secondary N) is 1. The highest BCUT2D eigenvalue weighted by molar-refractivity contribution is 5.94. The van der Waals surface area contributed by atoms with Gasteiger partial charge in [-0.15, -0.1) is 0 Å². The van der Waals surface area contributed by atoms with Crippen molar-refractivity contribution in [1.82, 2.24) is 14.9 Å². The fraction of sp³-hybridized carbons (Fsp3) is 0.259. The van der Waals surface area contributed by atoms with E-state index in [2.05, 4.69) is 48.0 Å². The summed E-state index contributed by atoms with van der Waals surface area (Å²) in [6.45, 7) is 6.06. The van der Waals surface area contributed by atoms with Crippen LogP contribution in [0.2, 0.25) is 0 Å². The Hall–Kier alpha value is -3.60. The van der Waals surface area contributed by atoms with Crippen molar-refractivity contribution in [2.75, 3.05) is 13.2 Å². The number of carbonyl (C=O) groups is 1. The molecule has 3 aromatic carbocycles. The molecule has 32 heavy (non-hydrogen) atoms. The van der Waals surface area contributed by atoms with Crippen LogP contribution >= 0.6 is 0 Å². The summed E-state index contributed by atoms with van der Waals surface area (Å²) in [5.74, 6) is 1.88. The van der Waals surface area contributed by atoms with Gasteiger partial charge in [-0.2, -0.15) is 0 Å². The van der Waals surface area contributed by atoms with Gasteiger partial charge in [0.25, 0.3) is 5.91 Å². The SMILES string of the molecule is Cc1cc(C)cc(OCCn2c(CCCNC(=O)c3ccccc3)nc3ccccc32)c1. The van der Waals surface area contributed by atoms with Gasteiger partial charge < -0.3 is 14.6 Å². The first-order chi connectivity index (χ1) is 15.6. The predicted octanol–water partition coefficient (Wildman–Crippen LogP) is 5.09. The summed E-state index contributed by atoms with van der Waals surface area (Å²) in [4.78, 5) is 17.1. The summed E-state index contributed by atoms with van der Waals surface area (Å²) < 4.78 is 8.28. The molecular formula is C27H29N3O2. The van der Waals surface area contributed by atoms with Crippen LogP contribution in [0.4, 0.5) is 0 Å². The van der Waals surface area contributed by atoms with Gasteiger partial charge in [0.1, 0.15) is 18.2 Å². The minimum absolute atomic E-state index is 0.0408. The third kappa shape index (κ3) is 5.35. The molecule has 4 aromatic rings. The smallest absolute Gasteiger partial charge is 0.251 e. The van der Waals surface area contributed by atoms with Crippen LogP contribution < -0.4 is 10.1 Å². The molecule has 0 saturated carbocycles. The second-order valence-electron chi connectivity index (χ2n) is 8.07. The number of hydrogen-bond donors (Lipinski definition) is 1. The number of aryl methyl sites for hydroxylation is 3. The number of benzene rings is 3. The van der Waals surface area contributed by atoms with Crippen LogP contribution in [0.25, 0.3) is 11.0 Å². The average Bonchev–Trinajstić information content (AvgIpc) is 3.14. The Morgan fingerprint density at radius 2 is 1.69 bits per heavy atom. The molecule has 0 aliphatic carbocycles. The van der Waals surface area contributed by atoms with Gasteiger partial charge in [-0.25, -0.2) is 4.98 Å². The third-order valence-electron chi connectivity index (χ3n) is 5.41. The average molecular weight is 428 g/mol. The molecule has 1 amide bonds. The maximum Gasteiger partial charge on any atom is 0.251 e. The lowest BCUT2D eigenvalue weighted by molar-refractivity contribution is 0.0953. The number of fused-ring (bicyclic) bond motifs is 1. The molecule has 5 heteroatoms. The Morgan fingerprint density at radius 1 is 0.969 bits per heavy atom. The molecule has 0 aliphatic heterocycles. The van der Waals surface area contributed by atoms with Crippen molar-refractivity contribution in [3.63, 3.8) is 0 Å². The molecular weight excluding hydrogens is 398 g/mol. The summed E-state index contributed by atoms with van der Waals surface area (Å²) in [5.41, 5.74) is 5.18. The van der Waals surface area contributed by atoms with Gasteiger partial charge >= 0.3 is 0 Å². The highest BCUT2D eigenvalue weighted by Gasteiger charge is 2.11. The van der Waals surface area contributed by atoms with Crippen molar-refractivity contribution in [1.29, 1.82) is 0 Å². The number of para-hydroxylation sites is 2. The van der Waals surface area contributed by atoms with E-state index in [1.807, 2.05) is 48.5 Å². The molecule has 0 fully saturated rings. The summed E-state index contributed by atoms with van der Waals surface area (Å²) >= 11 is 0. The van der Waals surface area contributed by atoms with E-state index in [0.29, 0.717) is 18.7 Å². The fourth-order valence-corrected chi connectivity index (χ4v) is 3.98. The van der Waals surface area contributed by atoms with Gasteiger partial charge in [0, 0.05) is 18.5 Å². The van der Waals surface area contributed by atoms with Crippen LogP contribution in [0.5, 0.6) is 5.75 Å². The van der Waals surface area contributed by atoms with E-state index in [9.17, 15) is 4.79 Å². The first kappa shape index (κ1) is 21.6. The molecule has 0 spiro atoms. The van der Waals surface area contributed by atoms with Crippen molar-refractivity contribution in [2.45, 2.75) is 33.2 Å². The Morgan fingerprint density at radius 3 is 2.47 bits per heavy atom. The summed E-state index contributed by atoms with van der Waals surface area (Å²) in [6.07, 6.45) is 1.60. The van der Waals surface area contributed by atoms with Crippen molar-refractivity contribution in [3.05, 3.63) is 95.3 Å². The Balaban J connectivity index is 1.38. The minimum Gasteiger partial charge on any atom is -0.492 e. The van der Waals surface area contributed by atoms with Crippen molar-refractivity contribution < 1.29 is 9.53 Å². The van der Waals surface area contributed by atoms with E-state index >= 15 is 0 Å². The molecule has 0 saturated heterocycles. The predicted molar refractivity (Wildman–Crippen MR) is 128 cm³/mol. The molecule has 0 bridgehead atoms. The van der Waals surface area contributed by atoms with E-state index < -0.39 is 0 Å². The number of carbonyl (C=O) groups excluding carboxylic acids is 1. The van der Waals surface area contributed by atoms with Gasteiger partial charge in [0.2, 0.25) is 0 Å². The highest BCUT2D eigenvalue weighted by atomic mass is 16.5. The number of imidazole rings is 1. The van der Waals surface area contributed by atoms with Crippen molar-refractivity contribution in [2.24, 2.45) is 0 Å². The van der Waals surface area contributed by atoms with Crippen LogP contribution in [0.3, 0.4) is 0 Å². The fourth-order valence-electron chi connectivity index (χ4n) is 3.98. The van der Waals surface area contributed by atoms with Crippen LogP contribution in [0.15, 0.2) is 72.8 Å². The van der Waals surface area contributed by atoms with Crippen LogP contribution in [0.1, 0.15) is 33.7 Å². The van der Waals surface area contributed by atoms with Gasteiger partial charge in [0.05, 0.1) is 17.6 Å². The maximum absolute atomic E-state index is 12.2. The first-order valence-electron chi connectivity index (χ1n) is 11.1. The zero-order valence-corrected chi connectivity index (χ0v) is 18.7. The third-order valence-corrected chi connectivity index (χ3v) is 5.41. The van der Waals surface area contributed by atoms with E-state index in [-0.39, 0.29) is 5.91 Å². The molecule has 0 aliphatic rings. The molecule has 5 nitrogen and oxygen atoms in total. The Kier molecular flexibility index (Phi) is 6.85. The maximum atomic E-state index is 12.2. The van der Waals surface area contributed by atoms with Crippen molar-refractivity contribution in [3.8, 4) is 5.75 Å². The van der Waals surface area contributed by atoms with Crippen LogP contribution in [0, 0.1) is 13.8 Å². The lowest BCUT2D eigenvalue weighted by atomic mass is 10.1. The second kappa shape index (κ2) is 10.1. The summed E-state index contributed by atoms with van der Waals surface area (Å²) in [7, 11) is 0. The quantitative estimate of drug-likeness (QED) is 0.378. The zero-order chi connectivity index (χ0) is 22.3. The lowest BCUT2D eigenvalue weighted by Gasteiger charge is -2.12. The van der Waals surface area contributed by atoms with E-state index in [4.69, 9.17) is 9.72 Å². The Bertz CT molecular complexity index is 1180. The summed E-state index contributed by atoms with van der Waals surface area (Å²) in [6, 6.07) is 23.8. The molecule has 1 aromatic heterocycles. The zero-order valence-electron chi connectivity index (χ0n) is 18.7. The van der Waals surface area contributed by atoms with E-state index in [1.54, 1.807) is 0 Å². The molecule has 164 valence electrons. The van der Waals surface area contributed by atoms with Crippen LogP contribution in [-0.2, 0) is 13.0 Å². The monoisotopic (exact) mass is 427 g/mol. The summed E-state index contributed by atoms with van der Waals surface area (Å²) in [5, 5.41) is 3.00. The molecule has 1 heterocycles. The highest BCUT2D eigenvalue weighted by Crippen LogP contribution is 2.19. The molecule has 1 N–H and O–H groups in total. The number of aromatic nitrogens is 2. The van der Waals surface area contributed by atoms with E-state index in [1.165, 1.54) is 11.1 Å². The van der Waals surface area contributed by atoms with E-state index in [0.717, 1.165) is 42.0 Å². The van der Waals surface area contributed by atoms with Gasteiger partial charge in [-0.3, -0.25) is 4.79 Å². The number of rotatable bonds is 9. The number of ether oxygens (including phenoxy) is 1. The minimum atomic E-state index is -0.0408. The van der Waals surface area contributed by atoms with Gasteiger partial charge in [-0.05, 0) is 67.8 Å². The standard InChI is InChI=1S/C27H29N3O2/c1-20-17-21(2)19-23(18-20)32-16-15-30-25-12-7-6-11-24(25)29-26(30)13-8-14-28-27(31)22-9-4-3-5-10-22/h3-7,9-12,17-19H,8,13-16H2,1-2H3,(H,28,31). The van der Waals surface area contributed by atoms with Crippen molar-refractivity contribution >= 4 is 16.9 Å². The molecule has 0 atom stereocenters. The van der Waals surface area contributed by atoms with Gasteiger partial charge in [0.15, 0.2) is 0 Å². The number of amides is 1. The molecule has 0 radical (unpaired) electrons. The number of nitrogens with zero attached hydrogens (tertiary/aromatic N) is 2. The van der Waals surface area contributed by atoms with Crippen LogP contribution in [-0.4, -0.2) is 28.6 Å². The molecule has 0 unspecified atom stereocenters. The normalized spacial score (nSPS) is 10.9. The second-order valence-corrected chi connectivity index (χ2v) is 8.07. The van der Waals surface area contributed by atoms with Gasteiger partial charge in [-0.1, -0.05) is 36.4 Å². The largest absolute Gasteiger partial charge is 0.492 e. The first-order valence-corrected chi connectivity index (χ1v) is 11.1. The topological polar surface area (TPSA) is 56.1 Å². The molecule has 4 rings (SSSR count).